The number of aliphatic hydroxyl groups is 2. The fourth-order valence-corrected chi connectivity index (χ4v) is 9.64. The molecule has 10 amide bonds. The first-order valence-electron chi connectivity index (χ1n) is 30.2. The van der Waals surface area contributed by atoms with Crippen LogP contribution in [0, 0.1) is 5.92 Å². The normalized spacial score (nSPS) is 21.8. The molecule has 29 nitrogen and oxygen atoms in total. The quantitative estimate of drug-likeness (QED) is 0.0337. The van der Waals surface area contributed by atoms with Crippen LogP contribution in [0.15, 0.2) is 84.9 Å². The Bertz CT molecular complexity index is 2850. The van der Waals surface area contributed by atoms with E-state index in [1.807, 2.05) is 42.5 Å². The number of carbonyl (C=O) groups is 11. The first-order chi connectivity index (χ1) is 42.9. The maximum absolute atomic E-state index is 14.6. The first-order valence-corrected chi connectivity index (χ1v) is 30.2. The van der Waals surface area contributed by atoms with Crippen LogP contribution in [-0.2, 0) is 70.3 Å². The topological polar surface area (TPSA) is 488 Å². The molecule has 0 aromatic heterocycles. The molecule has 4 rings (SSSR count). The van der Waals surface area contributed by atoms with Crippen molar-refractivity contribution in [1.29, 1.82) is 0 Å². The first kappa shape index (κ1) is 74.0. The lowest BCUT2D eigenvalue weighted by molar-refractivity contribution is -0.156. The van der Waals surface area contributed by atoms with Crippen molar-refractivity contribution in [3.05, 3.63) is 96.1 Å². The molecule has 494 valence electrons. The highest BCUT2D eigenvalue weighted by Crippen LogP contribution is 2.20. The third kappa shape index (κ3) is 24.2. The zero-order valence-corrected chi connectivity index (χ0v) is 51.4. The van der Waals surface area contributed by atoms with Crippen LogP contribution in [0.1, 0.15) is 83.8 Å². The number of nitrogens with two attached hydrogens (primary N) is 5. The van der Waals surface area contributed by atoms with Crippen molar-refractivity contribution >= 4 is 65.0 Å². The van der Waals surface area contributed by atoms with Crippen LogP contribution in [-0.4, -0.2) is 187 Å². The number of aliphatic hydroxyl groups excluding tert-OH is 2. The lowest BCUT2D eigenvalue weighted by atomic mass is 10.00. The number of hydrogen-bond donors (Lipinski definition) is 17. The Balaban J connectivity index is 1.67. The number of rotatable bonds is 26. The van der Waals surface area contributed by atoms with Crippen LogP contribution in [0.2, 0.25) is 0 Å². The molecular formula is C61H91N15O14. The Morgan fingerprint density at radius 2 is 1.02 bits per heavy atom. The van der Waals surface area contributed by atoms with Gasteiger partial charge in [0, 0.05) is 19.4 Å². The molecule has 3 aromatic rings. The number of benzene rings is 3. The van der Waals surface area contributed by atoms with Crippen molar-refractivity contribution in [3.8, 4) is 11.1 Å². The predicted octanol–water partition coefficient (Wildman–Crippen LogP) is -4.51. The highest BCUT2D eigenvalue weighted by Gasteiger charge is 2.38. The van der Waals surface area contributed by atoms with Gasteiger partial charge in [0.15, 0.2) is 6.10 Å². The minimum Gasteiger partial charge on any atom is -0.452 e. The number of esters is 1. The van der Waals surface area contributed by atoms with Gasteiger partial charge in [0.05, 0.1) is 18.6 Å². The van der Waals surface area contributed by atoms with Crippen molar-refractivity contribution in [2.75, 3.05) is 39.3 Å². The fraction of sp³-hybridized carbons (Fsp3) is 0.525. The Hall–Kier alpha value is -8.45. The van der Waals surface area contributed by atoms with E-state index >= 15 is 0 Å². The molecule has 0 saturated carbocycles. The molecule has 12 atom stereocenters. The fourth-order valence-electron chi connectivity index (χ4n) is 9.64. The molecule has 1 saturated heterocycles. The average molecular weight is 1260 g/mol. The van der Waals surface area contributed by atoms with Crippen molar-refractivity contribution in [1.82, 2.24) is 53.2 Å². The maximum atomic E-state index is 14.6. The van der Waals surface area contributed by atoms with Gasteiger partial charge in [-0.15, -0.1) is 0 Å². The molecule has 0 bridgehead atoms. The second-order valence-corrected chi connectivity index (χ2v) is 22.4. The van der Waals surface area contributed by atoms with Crippen molar-refractivity contribution < 1.29 is 67.7 Å². The van der Waals surface area contributed by atoms with Crippen LogP contribution in [0.5, 0.6) is 0 Å². The molecule has 0 aliphatic carbocycles. The highest BCUT2D eigenvalue weighted by molar-refractivity contribution is 5.99. The monoisotopic (exact) mass is 1260 g/mol. The molecule has 1 heterocycles. The van der Waals surface area contributed by atoms with E-state index in [9.17, 15) is 63.0 Å². The number of ether oxygens (including phenoxy) is 1. The molecular weight excluding hydrogens is 1170 g/mol. The van der Waals surface area contributed by atoms with Gasteiger partial charge in [-0.3, -0.25) is 52.7 Å². The van der Waals surface area contributed by atoms with Gasteiger partial charge in [-0.2, -0.15) is 0 Å². The summed E-state index contributed by atoms with van der Waals surface area (Å²) in [7, 11) is 0. The number of carbonyl (C=O) groups excluding carboxylic acids is 11. The van der Waals surface area contributed by atoms with Crippen LogP contribution < -0.4 is 81.8 Å². The van der Waals surface area contributed by atoms with E-state index in [1.165, 1.54) is 13.8 Å². The van der Waals surface area contributed by atoms with E-state index in [0.717, 1.165) is 11.1 Å². The Morgan fingerprint density at radius 1 is 0.533 bits per heavy atom. The summed E-state index contributed by atoms with van der Waals surface area (Å²) in [5.41, 5.74) is 32.4. The van der Waals surface area contributed by atoms with Crippen molar-refractivity contribution in [2.24, 2.45) is 34.6 Å². The van der Waals surface area contributed by atoms with Crippen molar-refractivity contribution in [3.63, 3.8) is 0 Å². The summed E-state index contributed by atoms with van der Waals surface area (Å²) < 4.78 is 5.53. The zero-order valence-electron chi connectivity index (χ0n) is 51.4. The molecule has 1 aliphatic heterocycles. The second-order valence-electron chi connectivity index (χ2n) is 22.4. The van der Waals surface area contributed by atoms with Gasteiger partial charge in [0.1, 0.15) is 54.4 Å². The second kappa shape index (κ2) is 38.2. The summed E-state index contributed by atoms with van der Waals surface area (Å²) in [6.07, 6.45) is -6.58. The van der Waals surface area contributed by atoms with Gasteiger partial charge in [-0.1, -0.05) is 98.8 Å². The van der Waals surface area contributed by atoms with Crippen molar-refractivity contribution in [2.45, 2.75) is 158 Å². The molecule has 3 aromatic carbocycles. The minimum atomic E-state index is -1.78. The summed E-state index contributed by atoms with van der Waals surface area (Å²) in [5, 5.41) is 47.0. The van der Waals surface area contributed by atoms with Gasteiger partial charge in [-0.05, 0) is 113 Å². The summed E-state index contributed by atoms with van der Waals surface area (Å²) >= 11 is 0. The van der Waals surface area contributed by atoms with Gasteiger partial charge >= 0.3 is 5.97 Å². The summed E-state index contributed by atoms with van der Waals surface area (Å²) in [5.74, 6) is -10.6. The van der Waals surface area contributed by atoms with Gasteiger partial charge in [-0.25, -0.2) is 0 Å². The van der Waals surface area contributed by atoms with Crippen LogP contribution >= 0.6 is 0 Å². The van der Waals surface area contributed by atoms with Crippen LogP contribution in [0.3, 0.4) is 0 Å². The Morgan fingerprint density at radius 3 is 1.54 bits per heavy atom. The number of nitrogens with one attached hydrogen (secondary N) is 10. The molecule has 0 radical (unpaired) electrons. The summed E-state index contributed by atoms with van der Waals surface area (Å²) in [6, 6.07) is 11.4. The third-order valence-electron chi connectivity index (χ3n) is 14.5. The zero-order chi connectivity index (χ0) is 66.5. The molecule has 29 heteroatoms. The lowest BCUT2D eigenvalue weighted by Gasteiger charge is -2.29. The Kier molecular flexibility index (Phi) is 31.4. The van der Waals surface area contributed by atoms with E-state index in [1.54, 1.807) is 56.3 Å². The van der Waals surface area contributed by atoms with E-state index < -0.39 is 151 Å². The van der Waals surface area contributed by atoms with E-state index in [4.69, 9.17) is 33.4 Å². The number of hydrogen-bond acceptors (Lipinski definition) is 19. The van der Waals surface area contributed by atoms with Gasteiger partial charge in [0.2, 0.25) is 53.2 Å². The third-order valence-corrected chi connectivity index (χ3v) is 14.5. The molecule has 1 aliphatic rings. The lowest BCUT2D eigenvalue weighted by Crippen LogP contribution is -2.61. The Labute approximate surface area is 523 Å². The molecule has 2 unspecified atom stereocenters. The summed E-state index contributed by atoms with van der Waals surface area (Å²) in [4.78, 5) is 155. The molecule has 1 fully saturated rings. The van der Waals surface area contributed by atoms with E-state index in [2.05, 4.69) is 53.2 Å². The smallest absolute Gasteiger partial charge is 0.311 e. The van der Waals surface area contributed by atoms with Gasteiger partial charge in [0.25, 0.3) is 5.91 Å². The largest absolute Gasteiger partial charge is 0.452 e. The highest BCUT2D eigenvalue weighted by atomic mass is 16.5. The maximum Gasteiger partial charge on any atom is 0.311 e. The number of amides is 10. The molecule has 90 heavy (non-hydrogen) atoms. The minimum absolute atomic E-state index is 0.0373. The average Bonchev–Trinajstić information content (AvgIpc) is 1.42. The molecule has 22 N–H and O–H groups in total. The van der Waals surface area contributed by atoms with E-state index in [0.29, 0.717) is 11.1 Å². The van der Waals surface area contributed by atoms with E-state index in [-0.39, 0.29) is 90.0 Å². The van der Waals surface area contributed by atoms with Gasteiger partial charge < -0.3 is 96.8 Å². The van der Waals surface area contributed by atoms with Crippen LogP contribution in [0.25, 0.3) is 11.1 Å². The molecule has 0 spiro atoms. The standard InChI is InChI=1S/C61H91N15O14/c1-34(2)31-46-57(85)70-41(19-25-62)52(80)69-44(22-28-65)56(84)75-50(35(3)77)60(88)67-30-24-45(55(83)68-42(20-26-63)54(82)74-47(58(86)73-46)32-37-11-7-5-8-12-37)71-53(81)43(21-27-64)72-61(89)51(36(4)78)76-59(87)48(23-29-66)90-49(79)33-38-15-17-40(18-16-38)39-13-9-6-10-14-39/h5-18,34-36,41-48,50-51,77-78H,19-33,62-66H2,1-4H3,(H,67,88)(H,68,83)(H,69,80)(H,70,85)(H,71,81)(H,72,89)(H,73,86)(H,74,82)(H,75,84)(H,76,87)/t35?,36?,41-,42-,43-,44-,45-,46-,47+,48-,50-,51-/m0/s1. The summed E-state index contributed by atoms with van der Waals surface area (Å²) in [6.45, 7) is 4.59. The SMILES string of the molecule is CC(C)C[C@@H]1NC(=O)[C@@H](Cc2ccccc2)NC(=O)[C@H](CCN)NC(=O)[C@@H](NC(=O)[C@H](CCN)NC(=O)[C@@H](NC(=O)[C@H](CCN)OC(=O)Cc2ccc(-c3ccccc3)cc2)C(C)O)CCNC(=O)[C@H](C(C)O)NC(=O)[C@H](CCN)NC(=O)[C@H](CCN)NC1=O. The predicted molar refractivity (Wildman–Crippen MR) is 332 cm³/mol. The van der Waals surface area contributed by atoms with Crippen LogP contribution in [0.4, 0.5) is 0 Å².